The second-order valence-electron chi connectivity index (χ2n) is 7.22. The monoisotopic (exact) mass is 349 g/mol. The van der Waals surface area contributed by atoms with E-state index in [1.165, 1.54) is 17.7 Å². The van der Waals surface area contributed by atoms with Gasteiger partial charge in [0.25, 0.3) is 0 Å². The van der Waals surface area contributed by atoms with Crippen molar-refractivity contribution < 1.29 is 9.53 Å². The van der Waals surface area contributed by atoms with E-state index in [-0.39, 0.29) is 5.78 Å². The van der Waals surface area contributed by atoms with Crippen molar-refractivity contribution in [1.29, 1.82) is 0 Å². The number of nitrogens with zero attached hydrogens (tertiary/aromatic N) is 1. The van der Waals surface area contributed by atoms with Crippen LogP contribution in [0.3, 0.4) is 0 Å². The molecule has 0 bridgehead atoms. The van der Waals surface area contributed by atoms with Crippen LogP contribution in [0.5, 0.6) is 0 Å². The third kappa shape index (κ3) is 5.08. The lowest BCUT2D eigenvalue weighted by Gasteiger charge is -2.39. The fourth-order valence-electron chi connectivity index (χ4n) is 3.14. The summed E-state index contributed by atoms with van der Waals surface area (Å²) in [4.78, 5) is 16.4. The molecule has 0 aliphatic carbocycles. The van der Waals surface area contributed by atoms with Gasteiger partial charge in [-0.05, 0) is 31.9 Å². The smallest absolute Gasteiger partial charge is 0.182 e. The van der Waals surface area contributed by atoms with Crippen molar-refractivity contribution in [3.05, 3.63) is 29.8 Å². The van der Waals surface area contributed by atoms with Gasteiger partial charge in [0.05, 0.1) is 18.8 Å². The number of Topliss-reactive ketones (excluding diaryl/α,β-unsaturated/α-hetero) is 1. The second-order valence-corrected chi connectivity index (χ2v) is 8.31. The molecule has 1 unspecified atom stereocenters. The number of carbonyl (C=O) groups is 1. The summed E-state index contributed by atoms with van der Waals surface area (Å²) in [5, 5.41) is 0. The van der Waals surface area contributed by atoms with Gasteiger partial charge >= 0.3 is 0 Å². The summed E-state index contributed by atoms with van der Waals surface area (Å²) in [6.45, 7) is 11.6. The molecule has 0 spiro atoms. The number of morpholine rings is 1. The summed E-state index contributed by atoms with van der Waals surface area (Å²) in [5.74, 6) is 2.07. The molecule has 4 heteroatoms. The molecule has 0 saturated carbocycles. The Morgan fingerprint density at radius 1 is 1.25 bits per heavy atom. The molecule has 1 fully saturated rings. The Morgan fingerprint density at radius 3 is 2.46 bits per heavy atom. The summed E-state index contributed by atoms with van der Waals surface area (Å²) in [6.07, 6.45) is 2.52. The molecule has 2 rings (SSSR count). The Morgan fingerprint density at radius 2 is 1.88 bits per heavy atom. The second kappa shape index (κ2) is 9.02. The summed E-state index contributed by atoms with van der Waals surface area (Å²) in [5.41, 5.74) is 0.325. The highest BCUT2D eigenvalue weighted by Crippen LogP contribution is 2.26. The van der Waals surface area contributed by atoms with E-state index in [4.69, 9.17) is 4.74 Å². The number of ketones is 1. The van der Waals surface area contributed by atoms with Gasteiger partial charge in [0.15, 0.2) is 5.78 Å². The van der Waals surface area contributed by atoms with Crippen molar-refractivity contribution >= 4 is 17.5 Å². The zero-order valence-corrected chi connectivity index (χ0v) is 16.3. The largest absolute Gasteiger partial charge is 0.379 e. The molecule has 1 saturated heterocycles. The van der Waals surface area contributed by atoms with Gasteiger partial charge in [0.1, 0.15) is 0 Å². The molecule has 0 radical (unpaired) electrons. The molecule has 0 amide bonds. The lowest BCUT2D eigenvalue weighted by molar-refractivity contribution is -0.00430. The first-order chi connectivity index (χ1) is 11.4. The van der Waals surface area contributed by atoms with E-state index in [0.29, 0.717) is 13.2 Å². The van der Waals surface area contributed by atoms with Crippen LogP contribution in [0.15, 0.2) is 29.2 Å². The van der Waals surface area contributed by atoms with E-state index in [2.05, 4.69) is 30.9 Å². The Bertz CT molecular complexity index is 521. The highest BCUT2D eigenvalue weighted by atomic mass is 32.2. The summed E-state index contributed by atoms with van der Waals surface area (Å²) in [7, 11) is 0. The molecule has 0 N–H and O–H groups in total. The molecule has 1 aromatic carbocycles. The number of carbonyl (C=O) groups excluding carboxylic acids is 1. The van der Waals surface area contributed by atoms with E-state index >= 15 is 0 Å². The van der Waals surface area contributed by atoms with Crippen LogP contribution in [0.1, 0.15) is 50.9 Å². The maximum atomic E-state index is 12.9. The van der Waals surface area contributed by atoms with E-state index < -0.39 is 5.54 Å². The molecule has 1 atom stereocenters. The number of rotatable bonds is 8. The summed E-state index contributed by atoms with van der Waals surface area (Å²) >= 11 is 1.89. The Hall–Kier alpha value is -0.840. The van der Waals surface area contributed by atoms with E-state index in [1.807, 2.05) is 37.7 Å². The van der Waals surface area contributed by atoms with Gasteiger partial charge < -0.3 is 4.74 Å². The Kier molecular flexibility index (Phi) is 7.33. The van der Waals surface area contributed by atoms with Gasteiger partial charge in [-0.1, -0.05) is 38.8 Å². The molecule has 1 aromatic rings. The third-order valence-electron chi connectivity index (χ3n) is 4.79. The van der Waals surface area contributed by atoms with Crippen LogP contribution in [0.25, 0.3) is 0 Å². The highest BCUT2D eigenvalue weighted by molar-refractivity contribution is 7.99. The van der Waals surface area contributed by atoms with E-state index in [1.54, 1.807) is 0 Å². The summed E-state index contributed by atoms with van der Waals surface area (Å²) < 4.78 is 5.40. The van der Waals surface area contributed by atoms with Crippen molar-refractivity contribution in [2.24, 2.45) is 5.92 Å². The van der Waals surface area contributed by atoms with Crippen LogP contribution in [-0.4, -0.2) is 48.3 Å². The van der Waals surface area contributed by atoms with Crippen LogP contribution in [0.2, 0.25) is 0 Å². The van der Waals surface area contributed by atoms with Gasteiger partial charge in [-0.2, -0.15) is 0 Å². The minimum Gasteiger partial charge on any atom is -0.379 e. The van der Waals surface area contributed by atoms with Gasteiger partial charge in [0, 0.05) is 29.3 Å². The minimum atomic E-state index is -0.478. The third-order valence-corrected chi connectivity index (χ3v) is 6.13. The maximum Gasteiger partial charge on any atom is 0.182 e. The Balaban J connectivity index is 1.97. The lowest BCUT2D eigenvalue weighted by Crippen LogP contribution is -2.54. The lowest BCUT2D eigenvalue weighted by atomic mass is 9.91. The average Bonchev–Trinajstić information content (AvgIpc) is 2.61. The maximum absolute atomic E-state index is 12.9. The van der Waals surface area contributed by atoms with Crippen molar-refractivity contribution in [3.63, 3.8) is 0 Å². The fourth-order valence-corrected chi connectivity index (χ4v) is 4.11. The number of hydrogen-bond donors (Lipinski definition) is 0. The van der Waals surface area contributed by atoms with Gasteiger partial charge in [0.2, 0.25) is 0 Å². The quantitative estimate of drug-likeness (QED) is 0.510. The normalized spacial score (nSPS) is 17.7. The fraction of sp³-hybridized carbons (Fsp3) is 0.650. The Labute approximate surface area is 151 Å². The van der Waals surface area contributed by atoms with Crippen LogP contribution < -0.4 is 0 Å². The number of thioether (sulfide) groups is 1. The first-order valence-electron chi connectivity index (χ1n) is 9.05. The van der Waals surface area contributed by atoms with Crippen LogP contribution in [-0.2, 0) is 4.74 Å². The summed E-state index contributed by atoms with van der Waals surface area (Å²) in [6, 6.07) is 8.15. The standard InChI is InChI=1S/C20H31NO2S/c1-5-6-16(2)15-24-18-9-7-17(8-10-18)19(22)20(3,4)21-11-13-23-14-12-21/h7-10,16H,5-6,11-15H2,1-4H3. The van der Waals surface area contributed by atoms with Crippen LogP contribution in [0, 0.1) is 5.92 Å². The van der Waals surface area contributed by atoms with Crippen LogP contribution >= 0.6 is 11.8 Å². The van der Waals surface area contributed by atoms with Gasteiger partial charge in [-0.15, -0.1) is 11.8 Å². The first-order valence-corrected chi connectivity index (χ1v) is 10.0. The van der Waals surface area contributed by atoms with Crippen LogP contribution in [0.4, 0.5) is 0 Å². The average molecular weight is 350 g/mol. The molecule has 3 nitrogen and oxygen atoms in total. The molecule has 24 heavy (non-hydrogen) atoms. The molecular formula is C20H31NO2S. The molecule has 134 valence electrons. The minimum absolute atomic E-state index is 0.195. The predicted octanol–water partition coefficient (Wildman–Crippen LogP) is 4.51. The molecule has 0 aromatic heterocycles. The highest BCUT2D eigenvalue weighted by Gasteiger charge is 2.35. The zero-order chi connectivity index (χ0) is 17.6. The number of hydrogen-bond acceptors (Lipinski definition) is 4. The SMILES string of the molecule is CCCC(C)CSc1ccc(C(=O)C(C)(C)N2CCOCC2)cc1. The van der Waals surface area contributed by atoms with Crippen molar-refractivity contribution in [3.8, 4) is 0 Å². The van der Waals surface area contributed by atoms with E-state index in [9.17, 15) is 4.79 Å². The van der Waals surface area contributed by atoms with Crippen molar-refractivity contribution in [1.82, 2.24) is 4.90 Å². The number of benzene rings is 1. The zero-order valence-electron chi connectivity index (χ0n) is 15.5. The predicted molar refractivity (Wildman–Crippen MR) is 102 cm³/mol. The van der Waals surface area contributed by atoms with Gasteiger partial charge in [-0.25, -0.2) is 0 Å². The van der Waals surface area contributed by atoms with Crippen molar-refractivity contribution in [2.45, 2.75) is 51.0 Å². The topological polar surface area (TPSA) is 29.5 Å². The molecule has 1 aliphatic heterocycles. The molecule has 1 aliphatic rings. The molecule has 1 heterocycles. The molecular weight excluding hydrogens is 318 g/mol. The van der Waals surface area contributed by atoms with Gasteiger partial charge in [-0.3, -0.25) is 9.69 Å². The van der Waals surface area contributed by atoms with Crippen molar-refractivity contribution in [2.75, 3.05) is 32.1 Å². The number of ether oxygens (including phenoxy) is 1. The first kappa shape index (κ1) is 19.5. The van der Waals surface area contributed by atoms with E-state index in [0.717, 1.165) is 30.3 Å².